The molecule has 6 nitrogen and oxygen atoms in total. The minimum atomic E-state index is -3.40. The first-order valence-electron chi connectivity index (χ1n) is 7.40. The van der Waals surface area contributed by atoms with Crippen LogP contribution in [-0.4, -0.2) is 33.9 Å². The van der Waals surface area contributed by atoms with Crippen LogP contribution in [0, 0.1) is 0 Å². The van der Waals surface area contributed by atoms with Gasteiger partial charge in [-0.1, -0.05) is 17.7 Å². The largest absolute Gasteiger partial charge is 0.486 e. The molecule has 0 saturated heterocycles. The van der Waals surface area contributed by atoms with Crippen molar-refractivity contribution in [2.45, 2.75) is 11.5 Å². The number of sulfone groups is 1. The zero-order chi connectivity index (χ0) is 18.0. The Labute approximate surface area is 150 Å². The van der Waals surface area contributed by atoms with Gasteiger partial charge in [0.05, 0.1) is 15.5 Å². The molecule has 132 valence electrons. The summed E-state index contributed by atoms with van der Waals surface area (Å²) in [6.07, 6.45) is 1.08. The van der Waals surface area contributed by atoms with Gasteiger partial charge >= 0.3 is 5.97 Å². The van der Waals surface area contributed by atoms with E-state index in [4.69, 9.17) is 25.8 Å². The maximum atomic E-state index is 12.2. The summed E-state index contributed by atoms with van der Waals surface area (Å²) in [4.78, 5) is 12.2. The van der Waals surface area contributed by atoms with Crippen molar-refractivity contribution in [2.24, 2.45) is 0 Å². The molecule has 1 aliphatic heterocycles. The van der Waals surface area contributed by atoms with Crippen molar-refractivity contribution in [1.82, 2.24) is 0 Å². The molecule has 0 aromatic heterocycles. The highest BCUT2D eigenvalue weighted by molar-refractivity contribution is 7.90. The van der Waals surface area contributed by atoms with Gasteiger partial charge in [0.15, 0.2) is 21.3 Å². The van der Waals surface area contributed by atoms with Gasteiger partial charge in [0.1, 0.15) is 19.8 Å². The lowest BCUT2D eigenvalue weighted by molar-refractivity contribution is 0.0471. The monoisotopic (exact) mass is 382 g/mol. The van der Waals surface area contributed by atoms with Crippen molar-refractivity contribution in [1.29, 1.82) is 0 Å². The van der Waals surface area contributed by atoms with Crippen LogP contribution in [0.3, 0.4) is 0 Å². The third-order valence-electron chi connectivity index (χ3n) is 3.52. The van der Waals surface area contributed by atoms with E-state index in [-0.39, 0.29) is 17.1 Å². The SMILES string of the molecule is CS(=O)(=O)c1cccc(C(=O)OCc2cc(Cl)c3c(c2)OCCO3)c1. The average molecular weight is 383 g/mol. The standard InChI is InChI=1S/C17H15ClO6S/c1-25(20,21)13-4-2-3-12(9-13)17(19)24-10-11-7-14(18)16-15(8-11)22-5-6-23-16/h2-4,7-9H,5-6,10H2,1H3. The quantitative estimate of drug-likeness (QED) is 0.756. The highest BCUT2D eigenvalue weighted by atomic mass is 35.5. The first-order chi connectivity index (χ1) is 11.8. The average Bonchev–Trinajstić information content (AvgIpc) is 2.59. The molecular weight excluding hydrogens is 368 g/mol. The fourth-order valence-electron chi connectivity index (χ4n) is 2.33. The number of rotatable bonds is 4. The number of hydrogen-bond acceptors (Lipinski definition) is 6. The van der Waals surface area contributed by atoms with Crippen LogP contribution < -0.4 is 9.47 Å². The maximum absolute atomic E-state index is 12.2. The molecule has 0 bridgehead atoms. The van der Waals surface area contributed by atoms with Crippen LogP contribution in [0.5, 0.6) is 11.5 Å². The Morgan fingerprint density at radius 3 is 2.72 bits per heavy atom. The van der Waals surface area contributed by atoms with Crippen molar-refractivity contribution in [3.63, 3.8) is 0 Å². The van der Waals surface area contributed by atoms with Crippen molar-refractivity contribution < 1.29 is 27.4 Å². The third-order valence-corrected chi connectivity index (χ3v) is 4.92. The number of ether oxygens (including phenoxy) is 3. The molecule has 0 spiro atoms. The van der Waals surface area contributed by atoms with Crippen LogP contribution in [0.1, 0.15) is 15.9 Å². The Bertz CT molecular complexity index is 923. The van der Waals surface area contributed by atoms with Crippen molar-refractivity contribution in [3.8, 4) is 11.5 Å². The van der Waals surface area contributed by atoms with Crippen LogP contribution in [0.4, 0.5) is 0 Å². The molecule has 0 N–H and O–H groups in total. The second-order valence-corrected chi connectivity index (χ2v) is 7.90. The van der Waals surface area contributed by atoms with Crippen LogP contribution in [0.15, 0.2) is 41.3 Å². The van der Waals surface area contributed by atoms with Crippen molar-refractivity contribution >= 4 is 27.4 Å². The molecule has 25 heavy (non-hydrogen) atoms. The molecule has 2 aromatic rings. The second kappa shape index (κ2) is 6.93. The number of carbonyl (C=O) groups is 1. The lowest BCUT2D eigenvalue weighted by Gasteiger charge is -2.20. The van der Waals surface area contributed by atoms with Gasteiger partial charge < -0.3 is 14.2 Å². The molecule has 3 rings (SSSR count). The first-order valence-corrected chi connectivity index (χ1v) is 9.67. The van der Waals surface area contributed by atoms with Crippen LogP contribution >= 0.6 is 11.6 Å². The van der Waals surface area contributed by atoms with E-state index in [1.54, 1.807) is 12.1 Å². The van der Waals surface area contributed by atoms with Crippen LogP contribution in [-0.2, 0) is 21.2 Å². The predicted molar refractivity (Wildman–Crippen MR) is 91.1 cm³/mol. The van der Waals surface area contributed by atoms with E-state index < -0.39 is 15.8 Å². The zero-order valence-electron chi connectivity index (χ0n) is 13.3. The molecule has 1 heterocycles. The Morgan fingerprint density at radius 1 is 1.20 bits per heavy atom. The normalized spacial score (nSPS) is 13.4. The number of halogens is 1. The van der Waals surface area contributed by atoms with E-state index in [1.165, 1.54) is 24.3 Å². The van der Waals surface area contributed by atoms with E-state index in [0.717, 1.165) is 6.26 Å². The van der Waals surface area contributed by atoms with Crippen molar-refractivity contribution in [3.05, 3.63) is 52.5 Å². The van der Waals surface area contributed by atoms with Gasteiger partial charge in [-0.15, -0.1) is 0 Å². The van der Waals surface area contributed by atoms with Gasteiger partial charge in [0.2, 0.25) is 0 Å². The third kappa shape index (κ3) is 4.05. The molecule has 0 unspecified atom stereocenters. The lowest BCUT2D eigenvalue weighted by atomic mass is 10.2. The molecule has 0 aliphatic carbocycles. The number of carbonyl (C=O) groups excluding carboxylic acids is 1. The fourth-order valence-corrected chi connectivity index (χ4v) is 3.29. The number of hydrogen-bond donors (Lipinski definition) is 0. The van der Waals surface area contributed by atoms with Crippen molar-refractivity contribution in [2.75, 3.05) is 19.5 Å². The molecule has 0 amide bonds. The number of fused-ring (bicyclic) bond motifs is 1. The Kier molecular flexibility index (Phi) is 4.87. The second-order valence-electron chi connectivity index (χ2n) is 5.48. The van der Waals surface area contributed by atoms with Gasteiger partial charge in [-0.25, -0.2) is 13.2 Å². The molecule has 8 heteroatoms. The van der Waals surface area contributed by atoms with Crippen LogP contribution in [0.2, 0.25) is 5.02 Å². The molecule has 0 atom stereocenters. The molecular formula is C17H15ClO6S. The Hall–Kier alpha value is -2.25. The molecule has 1 aliphatic rings. The van der Waals surface area contributed by atoms with Gasteiger partial charge in [-0.05, 0) is 35.9 Å². The minimum absolute atomic E-state index is 0.0295. The van der Waals surface area contributed by atoms with E-state index >= 15 is 0 Å². The molecule has 0 radical (unpaired) electrons. The summed E-state index contributed by atoms with van der Waals surface area (Å²) in [5, 5.41) is 0.377. The van der Waals surface area contributed by atoms with E-state index in [0.29, 0.717) is 35.3 Å². The topological polar surface area (TPSA) is 78.9 Å². The molecule has 2 aromatic carbocycles. The van der Waals surface area contributed by atoms with Crippen LogP contribution in [0.25, 0.3) is 0 Å². The smallest absolute Gasteiger partial charge is 0.338 e. The van der Waals surface area contributed by atoms with E-state index in [2.05, 4.69) is 0 Å². The van der Waals surface area contributed by atoms with E-state index in [1.807, 2.05) is 0 Å². The summed E-state index contributed by atoms with van der Waals surface area (Å²) >= 11 is 6.14. The predicted octanol–water partition coefficient (Wildman–Crippen LogP) is 2.87. The first kappa shape index (κ1) is 17.6. The van der Waals surface area contributed by atoms with Gasteiger partial charge in [-0.3, -0.25) is 0 Å². The van der Waals surface area contributed by atoms with Gasteiger partial charge in [-0.2, -0.15) is 0 Å². The lowest BCUT2D eigenvalue weighted by Crippen LogP contribution is -2.16. The summed E-state index contributed by atoms with van der Waals surface area (Å²) in [6, 6.07) is 9.03. The fraction of sp³-hybridized carbons (Fsp3) is 0.235. The number of esters is 1. The maximum Gasteiger partial charge on any atom is 0.338 e. The summed E-state index contributed by atoms with van der Waals surface area (Å²) in [5.41, 5.74) is 0.799. The van der Waals surface area contributed by atoms with Gasteiger partial charge in [0, 0.05) is 6.26 Å². The Balaban J connectivity index is 1.74. The Morgan fingerprint density at radius 2 is 1.96 bits per heavy atom. The zero-order valence-corrected chi connectivity index (χ0v) is 14.9. The highest BCUT2D eigenvalue weighted by Crippen LogP contribution is 2.38. The molecule has 0 fully saturated rings. The number of benzene rings is 2. The summed E-state index contributed by atoms with van der Waals surface area (Å²) in [7, 11) is -3.40. The van der Waals surface area contributed by atoms with E-state index in [9.17, 15) is 13.2 Å². The summed E-state index contributed by atoms with van der Waals surface area (Å²) in [6.45, 7) is 0.820. The molecule has 0 saturated carbocycles. The summed E-state index contributed by atoms with van der Waals surface area (Å²) in [5.74, 6) is 0.351. The van der Waals surface area contributed by atoms with Gasteiger partial charge in [0.25, 0.3) is 0 Å². The minimum Gasteiger partial charge on any atom is -0.486 e. The highest BCUT2D eigenvalue weighted by Gasteiger charge is 2.18. The summed E-state index contributed by atoms with van der Waals surface area (Å²) < 4.78 is 39.3.